The average Bonchev–Trinajstić information content (AvgIpc) is 2.29. The maximum Gasteiger partial charge on any atom is 0.231 e. The lowest BCUT2D eigenvalue weighted by Gasteiger charge is -2.18. The van der Waals surface area contributed by atoms with Gasteiger partial charge in [0, 0.05) is 19.6 Å². The van der Waals surface area contributed by atoms with Gasteiger partial charge in [-0.05, 0) is 39.3 Å². The van der Waals surface area contributed by atoms with Crippen LogP contribution < -0.4 is 10.2 Å². The van der Waals surface area contributed by atoms with E-state index in [9.17, 15) is 0 Å². The average molecular weight is 270 g/mol. The molecule has 1 N–H and O–H groups in total. The fraction of sp³-hybridized carbons (Fsp3) is 0.583. The van der Waals surface area contributed by atoms with Crippen LogP contribution in [0.5, 0.6) is 0 Å². The number of allylic oxidation sites excluding steroid dienone is 1. The molecule has 0 aromatic carbocycles. The summed E-state index contributed by atoms with van der Waals surface area (Å²) < 4.78 is 0. The zero-order valence-corrected chi connectivity index (χ0v) is 12.1. The quantitative estimate of drug-likeness (QED) is 0.805. The Morgan fingerprint density at radius 1 is 1.22 bits per heavy atom. The van der Waals surface area contributed by atoms with Gasteiger partial charge in [-0.15, -0.1) is 0 Å². The molecule has 0 saturated carbocycles. The molecule has 0 aliphatic heterocycles. The number of rotatable bonds is 6. The molecule has 0 radical (unpaired) electrons. The third-order valence-electron chi connectivity index (χ3n) is 2.41. The summed E-state index contributed by atoms with van der Waals surface area (Å²) in [7, 11) is 0. The Morgan fingerprint density at radius 3 is 2.44 bits per heavy atom. The van der Waals surface area contributed by atoms with Gasteiger partial charge in [-0.25, -0.2) is 0 Å². The predicted molar refractivity (Wildman–Crippen MR) is 76.3 cm³/mol. The molecule has 1 aromatic rings. The standard InChI is InChI=1S/C12H20ClN5/c1-5-18(6-2)12-16-10(13)15-11(17-12)14-8-7-9(3)4/h7H,5-6,8H2,1-4H3,(H,14,15,16,17). The second-order valence-corrected chi connectivity index (χ2v) is 4.40. The highest BCUT2D eigenvalue weighted by atomic mass is 35.5. The molecule has 100 valence electrons. The second-order valence-electron chi connectivity index (χ2n) is 4.06. The number of anilines is 2. The van der Waals surface area contributed by atoms with Gasteiger partial charge in [0.1, 0.15) is 0 Å². The Hall–Kier alpha value is -1.36. The maximum atomic E-state index is 5.91. The number of hydrogen-bond acceptors (Lipinski definition) is 5. The van der Waals surface area contributed by atoms with E-state index in [0.717, 1.165) is 13.1 Å². The highest BCUT2D eigenvalue weighted by molar-refractivity contribution is 6.28. The van der Waals surface area contributed by atoms with Crippen LogP contribution in [0, 0.1) is 0 Å². The SMILES string of the molecule is CCN(CC)c1nc(Cl)nc(NCC=C(C)C)n1. The monoisotopic (exact) mass is 269 g/mol. The molecule has 0 unspecified atom stereocenters. The van der Waals surface area contributed by atoms with Crippen LogP contribution in [0.4, 0.5) is 11.9 Å². The van der Waals surface area contributed by atoms with Gasteiger partial charge in [0.15, 0.2) is 0 Å². The molecule has 1 rings (SSSR count). The lowest BCUT2D eigenvalue weighted by Crippen LogP contribution is -2.25. The highest BCUT2D eigenvalue weighted by Crippen LogP contribution is 2.13. The van der Waals surface area contributed by atoms with Gasteiger partial charge in [-0.3, -0.25) is 0 Å². The number of nitrogens with one attached hydrogen (secondary N) is 1. The summed E-state index contributed by atoms with van der Waals surface area (Å²) in [6.45, 7) is 10.6. The molecule has 1 aromatic heterocycles. The molecule has 0 saturated heterocycles. The van der Waals surface area contributed by atoms with Gasteiger partial charge in [0.25, 0.3) is 0 Å². The Kier molecular flexibility index (Phi) is 5.85. The van der Waals surface area contributed by atoms with E-state index in [4.69, 9.17) is 11.6 Å². The summed E-state index contributed by atoms with van der Waals surface area (Å²) in [5, 5.41) is 3.32. The molecular weight excluding hydrogens is 250 g/mol. The first-order valence-electron chi connectivity index (χ1n) is 6.10. The van der Waals surface area contributed by atoms with E-state index in [2.05, 4.69) is 40.2 Å². The van der Waals surface area contributed by atoms with E-state index in [1.165, 1.54) is 5.57 Å². The summed E-state index contributed by atoms with van der Waals surface area (Å²) in [6, 6.07) is 0. The van der Waals surface area contributed by atoms with Gasteiger partial charge < -0.3 is 10.2 Å². The zero-order chi connectivity index (χ0) is 13.5. The summed E-state index contributed by atoms with van der Waals surface area (Å²) in [4.78, 5) is 14.6. The van der Waals surface area contributed by atoms with Crippen LogP contribution in [0.25, 0.3) is 0 Å². The van der Waals surface area contributed by atoms with Crippen molar-refractivity contribution in [1.29, 1.82) is 0 Å². The van der Waals surface area contributed by atoms with E-state index in [0.29, 0.717) is 18.4 Å². The predicted octanol–water partition coefficient (Wildman–Crippen LogP) is 2.75. The minimum Gasteiger partial charge on any atom is -0.351 e. The van der Waals surface area contributed by atoms with E-state index in [1.54, 1.807) is 0 Å². The van der Waals surface area contributed by atoms with Crippen LogP contribution in [-0.2, 0) is 0 Å². The molecule has 0 spiro atoms. The molecule has 1 heterocycles. The normalized spacial score (nSPS) is 10.1. The number of aromatic nitrogens is 3. The van der Waals surface area contributed by atoms with E-state index < -0.39 is 0 Å². The minimum absolute atomic E-state index is 0.214. The molecule has 6 heteroatoms. The molecule has 0 aliphatic rings. The summed E-state index contributed by atoms with van der Waals surface area (Å²) in [5.74, 6) is 1.12. The van der Waals surface area contributed by atoms with Gasteiger partial charge in [-0.2, -0.15) is 15.0 Å². The molecule has 0 bridgehead atoms. The van der Waals surface area contributed by atoms with Crippen molar-refractivity contribution >= 4 is 23.5 Å². The van der Waals surface area contributed by atoms with Crippen LogP contribution in [-0.4, -0.2) is 34.6 Å². The summed E-state index contributed by atoms with van der Waals surface area (Å²) >= 11 is 5.91. The second kappa shape index (κ2) is 7.16. The highest BCUT2D eigenvalue weighted by Gasteiger charge is 2.09. The lowest BCUT2D eigenvalue weighted by atomic mass is 10.3. The molecule has 18 heavy (non-hydrogen) atoms. The minimum atomic E-state index is 0.214. The van der Waals surface area contributed by atoms with Crippen molar-refractivity contribution in [3.63, 3.8) is 0 Å². The van der Waals surface area contributed by atoms with E-state index >= 15 is 0 Å². The Morgan fingerprint density at radius 2 is 1.89 bits per heavy atom. The van der Waals surface area contributed by atoms with Crippen molar-refractivity contribution in [1.82, 2.24) is 15.0 Å². The lowest BCUT2D eigenvalue weighted by molar-refractivity contribution is 0.812. The van der Waals surface area contributed by atoms with Crippen molar-refractivity contribution in [2.75, 3.05) is 29.9 Å². The van der Waals surface area contributed by atoms with Crippen LogP contribution in [0.1, 0.15) is 27.7 Å². The molecule has 5 nitrogen and oxygen atoms in total. The summed E-state index contributed by atoms with van der Waals surface area (Å²) in [6.07, 6.45) is 2.06. The van der Waals surface area contributed by atoms with Crippen molar-refractivity contribution in [3.05, 3.63) is 16.9 Å². The van der Waals surface area contributed by atoms with Crippen molar-refractivity contribution < 1.29 is 0 Å². The zero-order valence-electron chi connectivity index (χ0n) is 11.4. The molecule has 0 aliphatic carbocycles. The van der Waals surface area contributed by atoms with Crippen molar-refractivity contribution in [2.24, 2.45) is 0 Å². The Labute approximate surface area is 113 Å². The molecular formula is C12H20ClN5. The third-order valence-corrected chi connectivity index (χ3v) is 2.58. The first kappa shape index (κ1) is 14.7. The fourth-order valence-corrected chi connectivity index (χ4v) is 1.57. The molecule has 0 atom stereocenters. The number of hydrogen-bond donors (Lipinski definition) is 1. The number of nitrogens with zero attached hydrogens (tertiary/aromatic N) is 4. The first-order chi connectivity index (χ1) is 8.56. The van der Waals surface area contributed by atoms with Crippen molar-refractivity contribution in [2.45, 2.75) is 27.7 Å². The Bertz CT molecular complexity index is 411. The van der Waals surface area contributed by atoms with Gasteiger partial charge in [0.05, 0.1) is 0 Å². The molecule has 0 amide bonds. The van der Waals surface area contributed by atoms with Crippen molar-refractivity contribution in [3.8, 4) is 0 Å². The number of halogens is 1. The van der Waals surface area contributed by atoms with E-state index in [-0.39, 0.29) is 5.28 Å². The maximum absolute atomic E-state index is 5.91. The first-order valence-corrected chi connectivity index (χ1v) is 6.48. The van der Waals surface area contributed by atoms with Crippen LogP contribution in [0.2, 0.25) is 5.28 Å². The fourth-order valence-electron chi connectivity index (χ4n) is 1.41. The van der Waals surface area contributed by atoms with Crippen LogP contribution in [0.15, 0.2) is 11.6 Å². The smallest absolute Gasteiger partial charge is 0.231 e. The largest absolute Gasteiger partial charge is 0.351 e. The van der Waals surface area contributed by atoms with E-state index in [1.807, 2.05) is 18.7 Å². The van der Waals surface area contributed by atoms with Crippen LogP contribution >= 0.6 is 11.6 Å². The van der Waals surface area contributed by atoms with Gasteiger partial charge >= 0.3 is 0 Å². The Balaban J connectivity index is 2.83. The van der Waals surface area contributed by atoms with Crippen LogP contribution in [0.3, 0.4) is 0 Å². The summed E-state index contributed by atoms with van der Waals surface area (Å²) in [5.41, 5.74) is 1.24. The van der Waals surface area contributed by atoms with Gasteiger partial charge in [0.2, 0.25) is 17.2 Å². The van der Waals surface area contributed by atoms with Gasteiger partial charge in [-0.1, -0.05) is 11.6 Å². The molecule has 0 fully saturated rings. The third kappa shape index (κ3) is 4.49. The topological polar surface area (TPSA) is 53.9 Å².